The Labute approximate surface area is 174 Å². The molecule has 7 heteroatoms. The molecule has 0 amide bonds. The van der Waals surface area contributed by atoms with E-state index in [1.807, 2.05) is 41.1 Å². The lowest BCUT2D eigenvalue weighted by molar-refractivity contribution is 1.12. The highest BCUT2D eigenvalue weighted by Gasteiger charge is 2.17. The average Bonchev–Trinajstić information content (AvgIpc) is 3.40. The predicted molar refractivity (Wildman–Crippen MR) is 114 cm³/mol. The van der Waals surface area contributed by atoms with E-state index < -0.39 is 0 Å². The molecule has 4 rings (SSSR count). The van der Waals surface area contributed by atoms with E-state index >= 15 is 0 Å². The molecule has 0 spiro atoms. The quantitative estimate of drug-likeness (QED) is 0.262. The van der Waals surface area contributed by atoms with Crippen molar-refractivity contribution in [1.82, 2.24) is 9.97 Å². The van der Waals surface area contributed by atoms with Crippen molar-refractivity contribution in [3.8, 4) is 27.1 Å². The fraction of sp³-hybridized carbons (Fsp3) is 0.0500. The first kappa shape index (κ1) is 18.2. The van der Waals surface area contributed by atoms with E-state index in [-0.39, 0.29) is 0 Å². The first-order chi connectivity index (χ1) is 13.2. The number of thiophene rings is 2. The first-order valence-electron chi connectivity index (χ1n) is 8.01. The second kappa shape index (κ2) is 8.24. The van der Waals surface area contributed by atoms with Gasteiger partial charge < -0.3 is 0 Å². The molecule has 3 nitrogen and oxygen atoms in total. The van der Waals surface area contributed by atoms with Gasteiger partial charge in [-0.2, -0.15) is 5.26 Å². The van der Waals surface area contributed by atoms with Crippen LogP contribution in [-0.4, -0.2) is 9.97 Å². The molecule has 0 aliphatic rings. The Hall–Kier alpha value is -2.17. The Kier molecular flexibility index (Phi) is 5.55. The van der Waals surface area contributed by atoms with Gasteiger partial charge >= 0.3 is 0 Å². The minimum absolute atomic E-state index is 0.472. The summed E-state index contributed by atoms with van der Waals surface area (Å²) in [6, 6.07) is 16.2. The van der Waals surface area contributed by atoms with Crippen LogP contribution in [0.25, 0.3) is 21.0 Å². The Balaban J connectivity index is 1.76. The molecule has 0 saturated carbocycles. The minimum atomic E-state index is 0.472. The number of thioether (sulfide) groups is 1. The van der Waals surface area contributed by atoms with Crippen molar-refractivity contribution in [3.63, 3.8) is 0 Å². The van der Waals surface area contributed by atoms with E-state index in [2.05, 4.69) is 17.1 Å². The number of rotatable bonds is 5. The van der Waals surface area contributed by atoms with E-state index in [0.717, 1.165) is 31.6 Å². The molecule has 132 valence electrons. The first-order valence-corrected chi connectivity index (χ1v) is 11.1. The van der Waals surface area contributed by atoms with Crippen LogP contribution in [0.4, 0.5) is 0 Å². The van der Waals surface area contributed by atoms with Gasteiger partial charge in [0, 0.05) is 22.4 Å². The van der Waals surface area contributed by atoms with Gasteiger partial charge in [-0.25, -0.2) is 9.97 Å². The van der Waals surface area contributed by atoms with Gasteiger partial charge in [0.05, 0.1) is 16.1 Å². The molecule has 0 saturated heterocycles. The van der Waals surface area contributed by atoms with Crippen molar-refractivity contribution in [1.29, 1.82) is 5.26 Å². The van der Waals surface area contributed by atoms with Crippen molar-refractivity contribution in [2.75, 3.05) is 0 Å². The maximum absolute atomic E-state index is 9.83. The van der Waals surface area contributed by atoms with Crippen LogP contribution >= 0.6 is 46.0 Å². The van der Waals surface area contributed by atoms with Crippen LogP contribution in [0, 0.1) is 11.3 Å². The largest absolute Gasteiger partial charge is 0.244 e. The van der Waals surface area contributed by atoms with Gasteiger partial charge in [0.2, 0.25) is 0 Å². The maximum Gasteiger partial charge on any atom is 0.129 e. The Morgan fingerprint density at radius 3 is 2.48 bits per heavy atom. The van der Waals surface area contributed by atoms with Crippen molar-refractivity contribution < 1.29 is 0 Å². The number of pyridine rings is 2. The van der Waals surface area contributed by atoms with E-state index in [0.29, 0.717) is 16.5 Å². The highest BCUT2D eigenvalue weighted by molar-refractivity contribution is 7.98. The van der Waals surface area contributed by atoms with Crippen LogP contribution in [-0.2, 0) is 5.75 Å². The van der Waals surface area contributed by atoms with E-state index in [1.54, 1.807) is 46.7 Å². The van der Waals surface area contributed by atoms with Gasteiger partial charge in [0.15, 0.2) is 0 Å². The van der Waals surface area contributed by atoms with Crippen molar-refractivity contribution >= 4 is 46.0 Å². The summed E-state index contributed by atoms with van der Waals surface area (Å²) in [5.74, 6) is 0.670. The molecular weight excluding hydrogens is 414 g/mol. The summed E-state index contributed by atoms with van der Waals surface area (Å²) in [4.78, 5) is 11.1. The van der Waals surface area contributed by atoms with Crippen molar-refractivity contribution in [2.45, 2.75) is 10.8 Å². The number of halogens is 1. The van der Waals surface area contributed by atoms with Gasteiger partial charge in [-0.05, 0) is 40.6 Å². The van der Waals surface area contributed by atoms with Gasteiger partial charge in [-0.15, -0.1) is 34.4 Å². The zero-order valence-electron chi connectivity index (χ0n) is 13.9. The Morgan fingerprint density at radius 2 is 1.85 bits per heavy atom. The second-order valence-electron chi connectivity index (χ2n) is 5.58. The predicted octanol–water partition coefficient (Wildman–Crippen LogP) is 6.75. The lowest BCUT2D eigenvalue weighted by atomic mass is 10.1. The zero-order valence-corrected chi connectivity index (χ0v) is 17.1. The molecule has 0 aliphatic carbocycles. The highest BCUT2D eigenvalue weighted by atomic mass is 35.5. The molecule has 0 N–H and O–H groups in total. The third-order valence-corrected chi connectivity index (χ3v) is 6.89. The highest BCUT2D eigenvalue weighted by Crippen LogP contribution is 2.37. The molecule has 4 aromatic rings. The Morgan fingerprint density at radius 1 is 1.07 bits per heavy atom. The van der Waals surface area contributed by atoms with Crippen LogP contribution in [0.3, 0.4) is 0 Å². The van der Waals surface area contributed by atoms with Crippen molar-refractivity contribution in [3.05, 3.63) is 75.7 Å². The monoisotopic (exact) mass is 425 g/mol. The topological polar surface area (TPSA) is 49.6 Å². The zero-order chi connectivity index (χ0) is 18.6. The fourth-order valence-corrected chi connectivity index (χ4v) is 5.04. The molecule has 4 aromatic heterocycles. The lowest BCUT2D eigenvalue weighted by Crippen LogP contribution is -1.95. The Bertz CT molecular complexity index is 1080. The van der Waals surface area contributed by atoms with Gasteiger partial charge in [0.1, 0.15) is 16.2 Å². The molecule has 0 unspecified atom stereocenters. The van der Waals surface area contributed by atoms with Gasteiger partial charge in [0.25, 0.3) is 0 Å². The van der Waals surface area contributed by atoms with E-state index in [9.17, 15) is 5.26 Å². The van der Waals surface area contributed by atoms with Gasteiger partial charge in [-0.1, -0.05) is 29.8 Å². The molecule has 0 aliphatic heterocycles. The van der Waals surface area contributed by atoms with Crippen LogP contribution in [0.15, 0.2) is 64.4 Å². The molecule has 0 fully saturated rings. The molecular formula is C20H12ClN3S3. The number of nitrogens with zero attached hydrogens (tertiary/aromatic N) is 3. The van der Waals surface area contributed by atoms with Crippen molar-refractivity contribution in [2.24, 2.45) is 0 Å². The van der Waals surface area contributed by atoms with Crippen LogP contribution in [0.1, 0.15) is 11.1 Å². The number of nitriles is 1. The second-order valence-corrected chi connectivity index (χ2v) is 8.83. The summed E-state index contributed by atoms with van der Waals surface area (Å²) >= 11 is 10.7. The summed E-state index contributed by atoms with van der Waals surface area (Å²) in [7, 11) is 0. The fourth-order valence-electron chi connectivity index (χ4n) is 2.55. The summed E-state index contributed by atoms with van der Waals surface area (Å²) in [5.41, 5.74) is 3.48. The molecule has 0 aromatic carbocycles. The molecule has 27 heavy (non-hydrogen) atoms. The average molecular weight is 426 g/mol. The number of hydrogen-bond donors (Lipinski definition) is 0. The number of hydrogen-bond acceptors (Lipinski definition) is 6. The van der Waals surface area contributed by atoms with Crippen LogP contribution in [0.5, 0.6) is 0 Å². The van der Waals surface area contributed by atoms with E-state index in [4.69, 9.17) is 16.6 Å². The summed E-state index contributed by atoms with van der Waals surface area (Å²) in [6.45, 7) is 0. The molecule has 0 radical (unpaired) electrons. The molecule has 0 atom stereocenters. The van der Waals surface area contributed by atoms with Crippen LogP contribution in [0.2, 0.25) is 5.15 Å². The molecule has 4 heterocycles. The third kappa shape index (κ3) is 4.07. The summed E-state index contributed by atoms with van der Waals surface area (Å²) < 4.78 is 0. The minimum Gasteiger partial charge on any atom is -0.244 e. The lowest BCUT2D eigenvalue weighted by Gasteiger charge is -2.10. The maximum atomic E-state index is 9.83. The third-order valence-electron chi connectivity index (χ3n) is 3.82. The molecule has 0 bridgehead atoms. The normalized spacial score (nSPS) is 10.7. The van der Waals surface area contributed by atoms with Crippen LogP contribution < -0.4 is 0 Å². The number of aromatic nitrogens is 2. The van der Waals surface area contributed by atoms with E-state index in [1.165, 1.54) is 0 Å². The SMILES string of the molecule is N#Cc1c(-c2cccs2)cc(-c2cccs2)nc1SCc1ccc(Cl)nc1. The van der Waals surface area contributed by atoms with Gasteiger partial charge in [-0.3, -0.25) is 0 Å². The summed E-state index contributed by atoms with van der Waals surface area (Å²) in [6.07, 6.45) is 1.75. The standard InChI is InChI=1S/C20H12ClN3S3/c21-19-6-5-13(11-23-19)12-27-20-15(10-22)14(17-3-1-7-25-17)9-16(24-20)18-4-2-8-26-18/h1-9,11H,12H2. The summed E-state index contributed by atoms with van der Waals surface area (Å²) in [5, 5.41) is 15.1. The smallest absolute Gasteiger partial charge is 0.129 e.